The minimum absolute atomic E-state index is 0.00976. The summed E-state index contributed by atoms with van der Waals surface area (Å²) in [6.07, 6.45) is 6.49. The molecule has 0 unspecified atom stereocenters. The summed E-state index contributed by atoms with van der Waals surface area (Å²) in [6, 6.07) is 11.8. The molecule has 1 aliphatic heterocycles. The maximum atomic E-state index is 13.9. The van der Waals surface area contributed by atoms with E-state index in [-0.39, 0.29) is 60.0 Å². The first-order chi connectivity index (χ1) is 19.5. The van der Waals surface area contributed by atoms with Crippen LogP contribution in [0.25, 0.3) is 0 Å². The van der Waals surface area contributed by atoms with Crippen LogP contribution in [0.4, 0.5) is 4.39 Å². The first-order valence-corrected chi connectivity index (χ1v) is 16.4. The lowest BCUT2D eigenvalue weighted by molar-refractivity contribution is -0.140. The monoisotopic (exact) mass is 605 g/mol. The molecule has 1 saturated carbocycles. The molecule has 0 atom stereocenters. The van der Waals surface area contributed by atoms with Gasteiger partial charge < -0.3 is 9.80 Å². The molecule has 0 spiro atoms. The maximum absolute atomic E-state index is 13.9. The summed E-state index contributed by atoms with van der Waals surface area (Å²) < 4.78 is 42.1. The van der Waals surface area contributed by atoms with Crippen LogP contribution in [0.15, 0.2) is 53.4 Å². The molecule has 1 heterocycles. The second-order valence-corrected chi connectivity index (χ2v) is 14.1. The average molecular weight is 606 g/mol. The number of hydrogen-bond acceptors (Lipinski definition) is 4. The van der Waals surface area contributed by atoms with Crippen LogP contribution in [0, 0.1) is 17.7 Å². The van der Waals surface area contributed by atoms with Gasteiger partial charge in [-0.2, -0.15) is 4.31 Å². The van der Waals surface area contributed by atoms with E-state index in [2.05, 4.69) is 0 Å². The summed E-state index contributed by atoms with van der Waals surface area (Å²) in [7, 11) is -3.96. The summed E-state index contributed by atoms with van der Waals surface area (Å²) in [5.41, 5.74) is 0.761. The molecular formula is C31H41ClFN3O4S. The lowest BCUT2D eigenvalue weighted by atomic mass is 9.87. The smallest absolute Gasteiger partial charge is 0.243 e. The van der Waals surface area contributed by atoms with Gasteiger partial charge in [0, 0.05) is 43.2 Å². The van der Waals surface area contributed by atoms with Gasteiger partial charge in [-0.25, -0.2) is 12.8 Å². The van der Waals surface area contributed by atoms with E-state index in [0.29, 0.717) is 31.0 Å². The number of carbonyl (C=O) groups is 2. The van der Waals surface area contributed by atoms with E-state index in [9.17, 15) is 22.4 Å². The van der Waals surface area contributed by atoms with Crippen LogP contribution in [0.3, 0.4) is 0 Å². The molecule has 1 aliphatic carbocycles. The van der Waals surface area contributed by atoms with Gasteiger partial charge in [0.25, 0.3) is 0 Å². The number of nitrogens with zero attached hydrogens (tertiary/aromatic N) is 3. The lowest BCUT2D eigenvalue weighted by Gasteiger charge is -2.40. The van der Waals surface area contributed by atoms with Crippen molar-refractivity contribution in [3.8, 4) is 0 Å². The Kier molecular flexibility index (Phi) is 10.8. The molecule has 0 bridgehead atoms. The van der Waals surface area contributed by atoms with E-state index in [4.69, 9.17) is 11.6 Å². The number of carbonyl (C=O) groups excluding carboxylic acids is 2. The summed E-state index contributed by atoms with van der Waals surface area (Å²) in [5, 5.41) is 0.425. The highest BCUT2D eigenvalue weighted by atomic mass is 35.5. The van der Waals surface area contributed by atoms with Crippen molar-refractivity contribution in [2.24, 2.45) is 11.8 Å². The Labute approximate surface area is 248 Å². The van der Waals surface area contributed by atoms with Gasteiger partial charge in [0.15, 0.2) is 0 Å². The number of benzene rings is 2. The molecule has 10 heteroatoms. The van der Waals surface area contributed by atoms with Gasteiger partial charge in [0.05, 0.1) is 11.4 Å². The Morgan fingerprint density at radius 1 is 0.951 bits per heavy atom. The van der Waals surface area contributed by atoms with Crippen molar-refractivity contribution in [3.05, 3.63) is 64.9 Å². The summed E-state index contributed by atoms with van der Waals surface area (Å²) in [5.74, 6) is -0.371. The van der Waals surface area contributed by atoms with Crippen LogP contribution in [-0.4, -0.2) is 66.6 Å². The number of halogens is 2. The van der Waals surface area contributed by atoms with Gasteiger partial charge in [-0.1, -0.05) is 56.8 Å². The third kappa shape index (κ3) is 8.30. The molecule has 2 aliphatic rings. The Bertz CT molecular complexity index is 1270. The number of hydrogen-bond donors (Lipinski definition) is 0. The summed E-state index contributed by atoms with van der Waals surface area (Å²) >= 11 is 5.98. The minimum atomic E-state index is -3.96. The molecule has 0 N–H and O–H groups in total. The Hall–Kier alpha value is -2.49. The number of sulfonamides is 1. The van der Waals surface area contributed by atoms with Crippen molar-refractivity contribution in [3.63, 3.8) is 0 Å². The predicted octanol–water partition coefficient (Wildman–Crippen LogP) is 5.73. The molecule has 224 valence electrons. The number of likely N-dealkylation sites (tertiary alicyclic amines) is 1. The highest BCUT2D eigenvalue weighted by molar-refractivity contribution is 7.89. The van der Waals surface area contributed by atoms with Gasteiger partial charge in [0.2, 0.25) is 21.8 Å². The number of rotatable bonds is 10. The van der Waals surface area contributed by atoms with Gasteiger partial charge in [-0.05, 0) is 73.6 Å². The molecule has 2 fully saturated rings. The molecule has 7 nitrogen and oxygen atoms in total. The normalized spacial score (nSPS) is 17.3. The fourth-order valence-corrected chi connectivity index (χ4v) is 7.54. The Morgan fingerprint density at radius 3 is 2.15 bits per heavy atom. The Morgan fingerprint density at radius 2 is 1.56 bits per heavy atom. The van der Waals surface area contributed by atoms with Crippen LogP contribution in [0.2, 0.25) is 5.02 Å². The van der Waals surface area contributed by atoms with Crippen LogP contribution in [0.5, 0.6) is 0 Å². The third-order valence-electron chi connectivity index (χ3n) is 8.09. The van der Waals surface area contributed by atoms with E-state index < -0.39 is 10.0 Å². The van der Waals surface area contributed by atoms with Crippen molar-refractivity contribution < 1.29 is 22.4 Å². The molecule has 2 amide bonds. The van der Waals surface area contributed by atoms with Crippen molar-refractivity contribution in [1.82, 2.24) is 14.1 Å². The Balaban J connectivity index is 1.53. The zero-order valence-electron chi connectivity index (χ0n) is 24.0. The van der Waals surface area contributed by atoms with Gasteiger partial charge in [-0.3, -0.25) is 9.59 Å². The predicted molar refractivity (Wildman–Crippen MR) is 158 cm³/mol. The fourth-order valence-electron chi connectivity index (χ4n) is 5.87. The van der Waals surface area contributed by atoms with E-state index in [1.165, 1.54) is 47.1 Å². The topological polar surface area (TPSA) is 78.0 Å². The minimum Gasteiger partial charge on any atom is -0.342 e. The summed E-state index contributed by atoms with van der Waals surface area (Å²) in [6.45, 7) is 5.03. The lowest BCUT2D eigenvalue weighted by Crippen LogP contribution is -2.52. The van der Waals surface area contributed by atoms with Crippen LogP contribution < -0.4 is 0 Å². The van der Waals surface area contributed by atoms with E-state index in [0.717, 1.165) is 31.2 Å². The van der Waals surface area contributed by atoms with Crippen LogP contribution >= 0.6 is 11.6 Å². The van der Waals surface area contributed by atoms with Crippen LogP contribution in [-0.2, 0) is 26.2 Å². The molecular weight excluding hydrogens is 565 g/mol. The highest BCUT2D eigenvalue weighted by Crippen LogP contribution is 2.28. The first-order valence-electron chi connectivity index (χ1n) is 14.6. The van der Waals surface area contributed by atoms with Crippen molar-refractivity contribution in [2.75, 3.05) is 26.2 Å². The van der Waals surface area contributed by atoms with E-state index in [1.807, 2.05) is 18.7 Å². The van der Waals surface area contributed by atoms with Gasteiger partial charge in [-0.15, -0.1) is 0 Å². The average Bonchev–Trinajstić information content (AvgIpc) is 2.96. The van der Waals surface area contributed by atoms with Gasteiger partial charge in [0.1, 0.15) is 5.82 Å². The molecule has 2 aromatic rings. The zero-order chi connectivity index (χ0) is 29.6. The first kappa shape index (κ1) is 31.4. The molecule has 0 aromatic heterocycles. The van der Waals surface area contributed by atoms with Crippen molar-refractivity contribution >= 4 is 33.4 Å². The maximum Gasteiger partial charge on any atom is 0.243 e. The van der Waals surface area contributed by atoms with Crippen molar-refractivity contribution in [1.29, 1.82) is 0 Å². The quantitative estimate of drug-likeness (QED) is 0.347. The molecule has 41 heavy (non-hydrogen) atoms. The largest absolute Gasteiger partial charge is 0.342 e. The zero-order valence-corrected chi connectivity index (χ0v) is 25.5. The highest BCUT2D eigenvalue weighted by Gasteiger charge is 2.35. The molecule has 1 saturated heterocycles. The van der Waals surface area contributed by atoms with Crippen molar-refractivity contribution in [2.45, 2.75) is 76.3 Å². The summed E-state index contributed by atoms with van der Waals surface area (Å²) in [4.78, 5) is 30.8. The molecule has 0 radical (unpaired) electrons. The fraction of sp³-hybridized carbons (Fsp3) is 0.548. The van der Waals surface area contributed by atoms with E-state index in [1.54, 1.807) is 17.0 Å². The standard InChI is InChI=1S/C31H41ClFN3O4S/c1-23(2)20-35(41(39,40)29-14-10-26(32)11-15-29)22-30(37)36(21-24-8-12-27(33)13-9-24)28-16-18-34(19-17-28)31(38)25-6-4-3-5-7-25/h8-15,23,25,28H,3-7,16-22H2,1-2H3. The second kappa shape index (κ2) is 14.1. The number of amides is 2. The molecule has 2 aromatic carbocycles. The van der Waals surface area contributed by atoms with Crippen LogP contribution in [0.1, 0.15) is 64.4 Å². The third-order valence-corrected chi connectivity index (χ3v) is 10.2. The SMILES string of the molecule is CC(C)CN(CC(=O)N(Cc1ccc(F)cc1)C1CCN(C(=O)C2CCCCC2)CC1)S(=O)(=O)c1ccc(Cl)cc1. The molecule has 4 rings (SSSR count). The second-order valence-electron chi connectivity index (χ2n) is 11.7. The van der Waals surface area contributed by atoms with E-state index >= 15 is 0 Å². The number of piperidine rings is 1. The van der Waals surface area contributed by atoms with Gasteiger partial charge >= 0.3 is 0 Å².